The van der Waals surface area contributed by atoms with E-state index in [1.54, 1.807) is 31.5 Å². The number of thiazole rings is 1. The van der Waals surface area contributed by atoms with Crippen LogP contribution in [0.15, 0.2) is 36.8 Å². The lowest BCUT2D eigenvalue weighted by Gasteiger charge is -2.32. The molecule has 5 rings (SSSR count). The van der Waals surface area contributed by atoms with E-state index in [0.29, 0.717) is 38.9 Å². The molecule has 1 fully saturated rings. The van der Waals surface area contributed by atoms with E-state index in [2.05, 4.69) is 36.5 Å². The topological polar surface area (TPSA) is 131 Å². The average molecular weight is 588 g/mol. The molecule has 0 radical (unpaired) electrons. The molecule has 4 heterocycles. The number of fused-ring (bicyclic) bond motifs is 1. The van der Waals surface area contributed by atoms with Crippen LogP contribution in [0.3, 0.4) is 0 Å². The van der Waals surface area contributed by atoms with Crippen molar-refractivity contribution in [2.24, 2.45) is 5.73 Å². The second-order valence-electron chi connectivity index (χ2n) is 9.89. The Bertz CT molecular complexity index is 1520. The zero-order chi connectivity index (χ0) is 29.1. The van der Waals surface area contributed by atoms with E-state index < -0.39 is 18.6 Å². The molecule has 1 saturated heterocycles. The van der Waals surface area contributed by atoms with Crippen molar-refractivity contribution >= 4 is 22.9 Å². The Morgan fingerprint density at radius 2 is 1.95 bits per heavy atom. The molecule has 0 bridgehead atoms. The van der Waals surface area contributed by atoms with Gasteiger partial charge >= 0.3 is 6.61 Å². The number of aromatic nitrogens is 4. The summed E-state index contributed by atoms with van der Waals surface area (Å²) in [5, 5.41) is 9.97. The van der Waals surface area contributed by atoms with Crippen LogP contribution < -0.4 is 15.2 Å². The number of nitrogens with zero attached hydrogens (tertiary/aromatic N) is 6. The summed E-state index contributed by atoms with van der Waals surface area (Å²) in [6, 6.07) is 4.48. The number of aliphatic hydroxyl groups is 1. The number of halogens is 2. The van der Waals surface area contributed by atoms with Gasteiger partial charge in [-0.05, 0) is 25.6 Å². The lowest BCUT2D eigenvalue weighted by molar-refractivity contribution is -0.117. The monoisotopic (exact) mass is 587 g/mol. The fourth-order valence-electron chi connectivity index (χ4n) is 4.66. The van der Waals surface area contributed by atoms with Crippen molar-refractivity contribution < 1.29 is 28.2 Å². The third-order valence-electron chi connectivity index (χ3n) is 6.85. The molecular weight excluding hydrogens is 556 g/mol. The van der Waals surface area contributed by atoms with Gasteiger partial charge in [-0.15, -0.1) is 11.3 Å². The molecule has 3 N–H and O–H groups in total. The minimum Gasteiger partial charge on any atom is -0.469 e. The summed E-state index contributed by atoms with van der Waals surface area (Å²) in [6.45, 7) is 2.89. The molecule has 3 aromatic heterocycles. The van der Waals surface area contributed by atoms with Crippen LogP contribution in [0, 0.1) is 0 Å². The maximum Gasteiger partial charge on any atom is 0.387 e. The van der Waals surface area contributed by atoms with Gasteiger partial charge in [-0.25, -0.2) is 4.98 Å². The highest BCUT2D eigenvalue weighted by Gasteiger charge is 2.23. The number of nitrogens with two attached hydrogens (primary N) is 1. The van der Waals surface area contributed by atoms with Crippen LogP contribution in [0.4, 0.5) is 8.78 Å². The van der Waals surface area contributed by atoms with Crippen molar-refractivity contribution in [1.29, 1.82) is 0 Å². The van der Waals surface area contributed by atoms with Gasteiger partial charge in [0.15, 0.2) is 5.65 Å². The zero-order valence-corrected chi connectivity index (χ0v) is 23.5. The number of imidazole rings is 1. The van der Waals surface area contributed by atoms with E-state index in [0.717, 1.165) is 31.9 Å². The number of benzene rings is 1. The lowest BCUT2D eigenvalue weighted by Crippen LogP contribution is -2.44. The van der Waals surface area contributed by atoms with Gasteiger partial charge in [0, 0.05) is 44.5 Å². The van der Waals surface area contributed by atoms with Crippen LogP contribution in [0.2, 0.25) is 0 Å². The van der Waals surface area contributed by atoms with Crippen LogP contribution in [-0.4, -0.2) is 80.0 Å². The van der Waals surface area contributed by atoms with Crippen LogP contribution in [-0.2, 0) is 24.4 Å². The minimum absolute atomic E-state index is 0.115. The van der Waals surface area contributed by atoms with E-state index in [1.165, 1.54) is 17.4 Å². The number of amides is 1. The molecule has 4 aromatic rings. The third-order valence-corrected chi connectivity index (χ3v) is 7.91. The Morgan fingerprint density at radius 1 is 1.17 bits per heavy atom. The smallest absolute Gasteiger partial charge is 0.387 e. The number of carbonyl (C=O) groups excluding carboxylic acids is 1. The molecule has 41 heavy (non-hydrogen) atoms. The summed E-state index contributed by atoms with van der Waals surface area (Å²) in [5.41, 5.74) is 8.47. The van der Waals surface area contributed by atoms with Gasteiger partial charge < -0.3 is 25.2 Å². The largest absolute Gasteiger partial charge is 0.469 e. The first-order chi connectivity index (χ1) is 19.7. The number of hydrogen-bond donors (Lipinski definition) is 2. The molecule has 0 unspecified atom stereocenters. The molecule has 1 amide bonds. The highest BCUT2D eigenvalue weighted by molar-refractivity contribution is 7.15. The Balaban J connectivity index is 1.44. The van der Waals surface area contributed by atoms with Crippen LogP contribution in [0.25, 0.3) is 16.3 Å². The molecule has 1 atom stereocenters. The molecule has 11 nitrogen and oxygen atoms in total. The predicted octanol–water partition coefficient (Wildman–Crippen LogP) is 2.86. The number of rotatable bonds is 11. The summed E-state index contributed by atoms with van der Waals surface area (Å²) in [4.78, 5) is 30.7. The Morgan fingerprint density at radius 3 is 2.66 bits per heavy atom. The summed E-state index contributed by atoms with van der Waals surface area (Å²) < 4.78 is 38.9. The van der Waals surface area contributed by atoms with Crippen molar-refractivity contribution in [3.05, 3.63) is 58.5 Å². The first kappa shape index (κ1) is 28.8. The van der Waals surface area contributed by atoms with Crippen molar-refractivity contribution in [1.82, 2.24) is 29.2 Å². The van der Waals surface area contributed by atoms with E-state index in [9.17, 15) is 18.7 Å². The van der Waals surface area contributed by atoms with Gasteiger partial charge in [-0.1, -0.05) is 12.1 Å². The fourth-order valence-corrected chi connectivity index (χ4v) is 5.67. The maximum absolute atomic E-state index is 13.1. The number of alkyl halides is 2. The zero-order valence-electron chi connectivity index (χ0n) is 22.7. The number of aliphatic hydroxyl groups excluding tert-OH is 1. The van der Waals surface area contributed by atoms with Crippen LogP contribution >= 0.6 is 11.3 Å². The molecule has 0 saturated carbocycles. The molecule has 1 aromatic carbocycles. The van der Waals surface area contributed by atoms with Gasteiger partial charge in [0.1, 0.15) is 22.6 Å². The fraction of sp³-hybridized carbons (Fsp3) is 0.407. The molecule has 0 aliphatic carbocycles. The minimum atomic E-state index is -3.06. The molecule has 1 aliphatic heterocycles. The quantitative estimate of drug-likeness (QED) is 0.272. The number of piperazine rings is 1. The highest BCUT2D eigenvalue weighted by Crippen LogP contribution is 2.37. The highest BCUT2D eigenvalue weighted by atomic mass is 32.1. The lowest BCUT2D eigenvalue weighted by atomic mass is 10.1. The molecular formula is C27H31F2N7O4S. The van der Waals surface area contributed by atoms with Crippen LogP contribution in [0.5, 0.6) is 11.6 Å². The van der Waals surface area contributed by atoms with Gasteiger partial charge in [0.05, 0.1) is 36.0 Å². The Labute approximate surface area is 239 Å². The standard InChI is InChI=1S/C27H31F2N7O4S/c1-16(19-4-3-17(15-37)9-21(19)40-27(28)29)39-25-22(10-23(30)38)41-26(33-25)20-11-32-24-12-31-18(14-36(20)24)13-35-7-5-34(2)6-8-35/h3-4,9,11-12,14,16,27,37H,5-8,10,13,15H2,1-2H3,(H2,30,38)/t16-/m1/s1. The average Bonchev–Trinajstić information content (AvgIpc) is 3.52. The van der Waals surface area contributed by atoms with Crippen molar-refractivity contribution in [2.75, 3.05) is 33.2 Å². The number of primary amides is 1. The number of ether oxygens (including phenoxy) is 2. The van der Waals surface area contributed by atoms with Gasteiger partial charge in [-0.2, -0.15) is 13.8 Å². The predicted molar refractivity (Wildman–Crippen MR) is 148 cm³/mol. The molecule has 0 spiro atoms. The Hall–Kier alpha value is -3.72. The van der Waals surface area contributed by atoms with Gasteiger partial charge in [-0.3, -0.25) is 19.1 Å². The van der Waals surface area contributed by atoms with E-state index in [-0.39, 0.29) is 24.7 Å². The summed E-state index contributed by atoms with van der Waals surface area (Å²) in [7, 11) is 2.11. The number of carbonyl (C=O) groups is 1. The molecule has 218 valence electrons. The third kappa shape index (κ3) is 6.78. The normalized spacial score (nSPS) is 15.5. The first-order valence-electron chi connectivity index (χ1n) is 13.1. The summed E-state index contributed by atoms with van der Waals surface area (Å²) in [5.74, 6) is -0.524. The van der Waals surface area contributed by atoms with E-state index in [4.69, 9.17) is 10.5 Å². The van der Waals surface area contributed by atoms with Crippen molar-refractivity contribution in [3.63, 3.8) is 0 Å². The SMILES string of the molecule is C[C@@H](Oc1nc(-c2cnc3cnc(CN4CCN(C)CC4)cn23)sc1CC(N)=O)c1ccc(CO)cc1OC(F)F. The second kappa shape index (κ2) is 12.4. The Kier molecular flexibility index (Phi) is 8.73. The summed E-state index contributed by atoms with van der Waals surface area (Å²) in [6.07, 6.45) is 4.44. The van der Waals surface area contributed by atoms with Crippen LogP contribution in [0.1, 0.15) is 34.7 Å². The van der Waals surface area contributed by atoms with Gasteiger partial charge in [0.2, 0.25) is 11.8 Å². The first-order valence-corrected chi connectivity index (χ1v) is 13.9. The molecule has 14 heteroatoms. The summed E-state index contributed by atoms with van der Waals surface area (Å²) >= 11 is 1.24. The molecule has 1 aliphatic rings. The number of likely N-dealkylation sites (N-methyl/N-ethyl adjacent to an activating group) is 1. The van der Waals surface area contributed by atoms with E-state index in [1.807, 2.05) is 10.6 Å². The van der Waals surface area contributed by atoms with E-state index >= 15 is 0 Å². The van der Waals surface area contributed by atoms with Crippen molar-refractivity contribution in [3.8, 4) is 22.3 Å². The van der Waals surface area contributed by atoms with Gasteiger partial charge in [0.25, 0.3) is 0 Å². The second-order valence-corrected chi connectivity index (χ2v) is 11.0. The van der Waals surface area contributed by atoms with Crippen molar-refractivity contribution in [2.45, 2.75) is 39.2 Å². The number of hydrogen-bond acceptors (Lipinski definition) is 10. The maximum atomic E-state index is 13.1.